The molecule has 2 aromatic heterocycles. The molecule has 0 aliphatic heterocycles. The van der Waals surface area contributed by atoms with Gasteiger partial charge in [0.1, 0.15) is 11.5 Å². The second kappa shape index (κ2) is 6.46. The fraction of sp³-hybridized carbons (Fsp3) is 0.143. The van der Waals surface area contributed by atoms with E-state index in [2.05, 4.69) is 26.1 Å². The Morgan fingerprint density at radius 1 is 1.05 bits per heavy atom. The molecule has 0 amide bonds. The van der Waals surface area contributed by atoms with Gasteiger partial charge in [-0.3, -0.25) is 0 Å². The van der Waals surface area contributed by atoms with Gasteiger partial charge < -0.3 is 14.6 Å². The number of halogens is 1. The highest BCUT2D eigenvalue weighted by Gasteiger charge is 2.09. The molecule has 0 fully saturated rings. The van der Waals surface area contributed by atoms with Gasteiger partial charge in [0.05, 0.1) is 12.3 Å². The molecule has 7 heteroatoms. The van der Waals surface area contributed by atoms with Crippen molar-refractivity contribution in [1.82, 2.24) is 10.2 Å². The molecule has 0 aliphatic carbocycles. The van der Waals surface area contributed by atoms with Crippen LogP contribution in [-0.2, 0) is 12.3 Å². The molecule has 0 saturated heterocycles. The SMILES string of the molecule is NCc1nnc(SCc2ccc(-c3ccc(Br)cc3)o2)o1. The molecule has 5 nitrogen and oxygen atoms in total. The zero-order valence-electron chi connectivity index (χ0n) is 11.0. The lowest BCUT2D eigenvalue weighted by Gasteiger charge is -1.97. The normalized spacial score (nSPS) is 11.0. The van der Waals surface area contributed by atoms with E-state index in [0.717, 1.165) is 21.6 Å². The van der Waals surface area contributed by atoms with E-state index in [-0.39, 0.29) is 6.54 Å². The Labute approximate surface area is 134 Å². The first-order valence-electron chi connectivity index (χ1n) is 6.24. The summed E-state index contributed by atoms with van der Waals surface area (Å²) in [7, 11) is 0. The van der Waals surface area contributed by atoms with Crippen molar-refractivity contribution >= 4 is 27.7 Å². The van der Waals surface area contributed by atoms with Gasteiger partial charge in [-0.1, -0.05) is 39.8 Å². The Bertz CT molecular complexity index is 724. The number of nitrogens with zero attached hydrogens (tertiary/aromatic N) is 2. The quantitative estimate of drug-likeness (QED) is 0.692. The zero-order chi connectivity index (χ0) is 14.7. The second-order valence-electron chi connectivity index (χ2n) is 4.23. The van der Waals surface area contributed by atoms with Gasteiger partial charge in [-0.25, -0.2) is 0 Å². The van der Waals surface area contributed by atoms with E-state index >= 15 is 0 Å². The number of nitrogens with two attached hydrogens (primary N) is 1. The number of thioether (sulfide) groups is 1. The average Bonchev–Trinajstić information content (AvgIpc) is 3.15. The van der Waals surface area contributed by atoms with E-state index < -0.39 is 0 Å². The van der Waals surface area contributed by atoms with Gasteiger partial charge in [0.2, 0.25) is 5.89 Å². The molecule has 3 rings (SSSR count). The van der Waals surface area contributed by atoms with Crippen molar-refractivity contribution in [3.8, 4) is 11.3 Å². The summed E-state index contributed by atoms with van der Waals surface area (Å²) in [5.41, 5.74) is 6.46. The Morgan fingerprint density at radius 2 is 1.86 bits per heavy atom. The average molecular weight is 366 g/mol. The molecule has 0 spiro atoms. The molecule has 0 aliphatic rings. The maximum Gasteiger partial charge on any atom is 0.277 e. The van der Waals surface area contributed by atoms with Crippen LogP contribution in [-0.4, -0.2) is 10.2 Å². The van der Waals surface area contributed by atoms with Gasteiger partial charge >= 0.3 is 0 Å². The van der Waals surface area contributed by atoms with Gasteiger partial charge in [-0.15, -0.1) is 10.2 Å². The minimum absolute atomic E-state index is 0.252. The standard InChI is InChI=1S/C14H12BrN3O2S/c15-10-3-1-9(2-4-10)12-6-5-11(19-12)8-21-14-18-17-13(7-16)20-14/h1-6H,7-8,16H2. The predicted molar refractivity (Wildman–Crippen MR) is 83.6 cm³/mol. The maximum absolute atomic E-state index is 5.81. The van der Waals surface area contributed by atoms with Crippen LogP contribution in [0.2, 0.25) is 0 Å². The van der Waals surface area contributed by atoms with Crippen LogP contribution in [0, 0.1) is 0 Å². The molecular weight excluding hydrogens is 354 g/mol. The van der Waals surface area contributed by atoms with Crippen LogP contribution in [0.3, 0.4) is 0 Å². The lowest BCUT2D eigenvalue weighted by Crippen LogP contribution is -1.95. The molecule has 108 valence electrons. The minimum atomic E-state index is 0.252. The molecule has 0 radical (unpaired) electrons. The van der Waals surface area contributed by atoms with E-state index in [1.165, 1.54) is 11.8 Å². The van der Waals surface area contributed by atoms with Crippen LogP contribution < -0.4 is 5.73 Å². The van der Waals surface area contributed by atoms with E-state index in [1.807, 2.05) is 36.4 Å². The van der Waals surface area contributed by atoms with Gasteiger partial charge in [0, 0.05) is 10.0 Å². The second-order valence-corrected chi connectivity index (χ2v) is 6.07. The Morgan fingerprint density at radius 3 is 2.57 bits per heavy atom. The summed E-state index contributed by atoms with van der Waals surface area (Å²) in [5.74, 6) is 2.76. The molecule has 0 atom stereocenters. The lowest BCUT2D eigenvalue weighted by molar-refractivity contribution is 0.414. The van der Waals surface area contributed by atoms with Crippen LogP contribution in [0.25, 0.3) is 11.3 Å². The third-order valence-electron chi connectivity index (χ3n) is 2.75. The smallest absolute Gasteiger partial charge is 0.277 e. The van der Waals surface area contributed by atoms with Crippen LogP contribution in [0.15, 0.2) is 54.9 Å². The van der Waals surface area contributed by atoms with E-state index in [1.54, 1.807) is 0 Å². The third-order valence-corrected chi connectivity index (χ3v) is 4.12. The zero-order valence-corrected chi connectivity index (χ0v) is 13.4. The molecule has 2 N–H and O–H groups in total. The molecule has 0 saturated carbocycles. The highest BCUT2D eigenvalue weighted by atomic mass is 79.9. The van der Waals surface area contributed by atoms with Crippen LogP contribution in [0.5, 0.6) is 0 Å². The van der Waals surface area contributed by atoms with Crippen molar-refractivity contribution in [2.75, 3.05) is 0 Å². The van der Waals surface area contributed by atoms with Gasteiger partial charge in [-0.2, -0.15) is 0 Å². The van der Waals surface area contributed by atoms with E-state index in [4.69, 9.17) is 14.6 Å². The fourth-order valence-corrected chi connectivity index (χ4v) is 2.68. The summed E-state index contributed by atoms with van der Waals surface area (Å²) in [6.07, 6.45) is 0. The van der Waals surface area contributed by atoms with Crippen LogP contribution in [0.1, 0.15) is 11.7 Å². The van der Waals surface area contributed by atoms with Crippen molar-refractivity contribution in [3.05, 3.63) is 52.5 Å². The first kappa shape index (κ1) is 14.4. The van der Waals surface area contributed by atoms with Crippen molar-refractivity contribution in [2.45, 2.75) is 17.5 Å². The van der Waals surface area contributed by atoms with E-state index in [0.29, 0.717) is 16.9 Å². The Kier molecular flexibility index (Phi) is 4.42. The summed E-state index contributed by atoms with van der Waals surface area (Å²) in [6, 6.07) is 11.9. The number of aromatic nitrogens is 2. The highest BCUT2D eigenvalue weighted by molar-refractivity contribution is 9.10. The van der Waals surface area contributed by atoms with Crippen LogP contribution in [0.4, 0.5) is 0 Å². The number of hydrogen-bond donors (Lipinski definition) is 1. The Balaban J connectivity index is 1.66. The predicted octanol–water partition coefficient (Wildman–Crippen LogP) is 3.84. The number of benzene rings is 1. The molecular formula is C14H12BrN3O2S. The third kappa shape index (κ3) is 3.55. The molecule has 3 aromatic rings. The Hall–Kier alpha value is -1.57. The number of rotatable bonds is 5. The lowest BCUT2D eigenvalue weighted by atomic mass is 10.2. The molecule has 0 unspecified atom stereocenters. The summed E-state index contributed by atoms with van der Waals surface area (Å²) in [5, 5.41) is 8.20. The summed E-state index contributed by atoms with van der Waals surface area (Å²) in [4.78, 5) is 0. The summed E-state index contributed by atoms with van der Waals surface area (Å²) < 4.78 is 12.2. The van der Waals surface area contributed by atoms with Gasteiger partial charge in [0.25, 0.3) is 5.22 Å². The van der Waals surface area contributed by atoms with E-state index in [9.17, 15) is 0 Å². The largest absolute Gasteiger partial charge is 0.460 e. The topological polar surface area (TPSA) is 78.1 Å². The first-order valence-corrected chi connectivity index (χ1v) is 8.02. The van der Waals surface area contributed by atoms with Gasteiger partial charge in [0.15, 0.2) is 0 Å². The highest BCUT2D eigenvalue weighted by Crippen LogP contribution is 2.27. The number of furan rings is 1. The molecule has 0 bridgehead atoms. The van der Waals surface area contributed by atoms with Crippen molar-refractivity contribution in [2.24, 2.45) is 5.73 Å². The van der Waals surface area contributed by atoms with Gasteiger partial charge in [-0.05, 0) is 24.3 Å². The fourth-order valence-electron chi connectivity index (χ4n) is 1.74. The minimum Gasteiger partial charge on any atom is -0.460 e. The summed E-state index contributed by atoms with van der Waals surface area (Å²) in [6.45, 7) is 0.252. The van der Waals surface area contributed by atoms with Crippen molar-refractivity contribution < 1.29 is 8.83 Å². The van der Waals surface area contributed by atoms with Crippen molar-refractivity contribution in [3.63, 3.8) is 0 Å². The molecule has 21 heavy (non-hydrogen) atoms. The maximum atomic E-state index is 5.81. The summed E-state index contributed by atoms with van der Waals surface area (Å²) >= 11 is 4.84. The van der Waals surface area contributed by atoms with Crippen LogP contribution >= 0.6 is 27.7 Å². The first-order chi connectivity index (χ1) is 10.2. The monoisotopic (exact) mass is 365 g/mol. The number of hydrogen-bond acceptors (Lipinski definition) is 6. The molecule has 2 heterocycles. The van der Waals surface area contributed by atoms with Crippen molar-refractivity contribution in [1.29, 1.82) is 0 Å². The molecule has 1 aromatic carbocycles.